The van der Waals surface area contributed by atoms with Gasteiger partial charge in [-0.1, -0.05) is 0 Å². The van der Waals surface area contributed by atoms with E-state index in [9.17, 15) is 0 Å². The SMILES string of the molecule is CCNc1ncc(Br)c(NCCOCCOC)n1. The van der Waals surface area contributed by atoms with Gasteiger partial charge in [0.25, 0.3) is 0 Å². The van der Waals surface area contributed by atoms with Crippen molar-refractivity contribution in [3.8, 4) is 0 Å². The molecule has 0 atom stereocenters. The molecule has 0 unspecified atom stereocenters. The standard InChI is InChI=1S/C11H19BrN4O2/c1-3-13-11-15-8-9(12)10(16-11)14-4-5-18-7-6-17-2/h8H,3-7H2,1-2H3,(H2,13,14,15,16). The highest BCUT2D eigenvalue weighted by atomic mass is 79.9. The summed E-state index contributed by atoms with van der Waals surface area (Å²) in [6.45, 7) is 5.30. The average Bonchev–Trinajstić information content (AvgIpc) is 2.37. The molecule has 0 fully saturated rings. The maximum atomic E-state index is 5.35. The van der Waals surface area contributed by atoms with E-state index in [4.69, 9.17) is 9.47 Å². The maximum Gasteiger partial charge on any atom is 0.224 e. The molecule has 0 saturated carbocycles. The Balaban J connectivity index is 2.34. The molecule has 0 saturated heterocycles. The highest BCUT2D eigenvalue weighted by Gasteiger charge is 2.03. The van der Waals surface area contributed by atoms with Crippen LogP contribution in [0.4, 0.5) is 11.8 Å². The van der Waals surface area contributed by atoms with Crippen LogP contribution in [0, 0.1) is 0 Å². The lowest BCUT2D eigenvalue weighted by atomic mass is 10.5. The highest BCUT2D eigenvalue weighted by molar-refractivity contribution is 9.10. The number of ether oxygens (including phenoxy) is 2. The quantitative estimate of drug-likeness (QED) is 0.676. The Morgan fingerprint density at radius 2 is 2.11 bits per heavy atom. The lowest BCUT2D eigenvalue weighted by Gasteiger charge is -2.09. The van der Waals surface area contributed by atoms with E-state index in [0.29, 0.717) is 32.3 Å². The fraction of sp³-hybridized carbons (Fsp3) is 0.636. The molecular formula is C11H19BrN4O2. The molecular weight excluding hydrogens is 300 g/mol. The summed E-state index contributed by atoms with van der Waals surface area (Å²) < 4.78 is 11.1. The van der Waals surface area contributed by atoms with Crippen molar-refractivity contribution < 1.29 is 9.47 Å². The minimum Gasteiger partial charge on any atom is -0.382 e. The van der Waals surface area contributed by atoms with Crippen LogP contribution in [0.25, 0.3) is 0 Å². The average molecular weight is 319 g/mol. The van der Waals surface area contributed by atoms with Crippen LogP contribution >= 0.6 is 15.9 Å². The second kappa shape index (κ2) is 9.07. The third-order valence-electron chi connectivity index (χ3n) is 2.05. The topological polar surface area (TPSA) is 68.3 Å². The molecule has 1 heterocycles. The van der Waals surface area contributed by atoms with Crippen molar-refractivity contribution in [2.24, 2.45) is 0 Å². The van der Waals surface area contributed by atoms with Crippen LogP contribution in [0.1, 0.15) is 6.92 Å². The number of nitrogens with one attached hydrogen (secondary N) is 2. The van der Waals surface area contributed by atoms with E-state index < -0.39 is 0 Å². The van der Waals surface area contributed by atoms with Gasteiger partial charge in [-0.25, -0.2) is 4.98 Å². The van der Waals surface area contributed by atoms with E-state index >= 15 is 0 Å². The van der Waals surface area contributed by atoms with Crippen LogP contribution in [-0.2, 0) is 9.47 Å². The number of anilines is 2. The Morgan fingerprint density at radius 1 is 1.28 bits per heavy atom. The molecule has 0 amide bonds. The van der Waals surface area contributed by atoms with E-state index in [1.165, 1.54) is 0 Å². The summed E-state index contributed by atoms with van der Waals surface area (Å²) in [5.74, 6) is 1.37. The lowest BCUT2D eigenvalue weighted by Crippen LogP contribution is -2.14. The van der Waals surface area contributed by atoms with E-state index in [0.717, 1.165) is 16.8 Å². The predicted octanol–water partition coefficient (Wildman–Crippen LogP) is 1.75. The van der Waals surface area contributed by atoms with Crippen molar-refractivity contribution in [1.82, 2.24) is 9.97 Å². The Morgan fingerprint density at radius 3 is 2.83 bits per heavy atom. The van der Waals surface area contributed by atoms with Crippen molar-refractivity contribution in [1.29, 1.82) is 0 Å². The summed E-state index contributed by atoms with van der Waals surface area (Å²) in [6, 6.07) is 0. The number of hydrogen-bond donors (Lipinski definition) is 2. The summed E-state index contributed by atoms with van der Waals surface area (Å²) in [6.07, 6.45) is 1.72. The van der Waals surface area contributed by atoms with Crippen molar-refractivity contribution in [2.75, 3.05) is 50.7 Å². The third kappa shape index (κ3) is 5.61. The molecule has 18 heavy (non-hydrogen) atoms. The summed E-state index contributed by atoms with van der Waals surface area (Å²) in [5.41, 5.74) is 0. The van der Waals surface area contributed by atoms with Gasteiger partial charge in [0.2, 0.25) is 5.95 Å². The first kappa shape index (κ1) is 15.1. The van der Waals surface area contributed by atoms with E-state index in [1.54, 1.807) is 13.3 Å². The molecule has 7 heteroatoms. The molecule has 0 aromatic carbocycles. The van der Waals surface area contributed by atoms with Gasteiger partial charge in [0.1, 0.15) is 5.82 Å². The first-order valence-corrected chi connectivity index (χ1v) is 6.64. The maximum absolute atomic E-state index is 5.35. The zero-order chi connectivity index (χ0) is 13.2. The van der Waals surface area contributed by atoms with Crippen LogP contribution in [0.2, 0.25) is 0 Å². The summed E-state index contributed by atoms with van der Waals surface area (Å²) in [7, 11) is 1.65. The molecule has 102 valence electrons. The fourth-order valence-electron chi connectivity index (χ4n) is 1.22. The second-order valence-corrected chi connectivity index (χ2v) is 4.31. The molecule has 0 aliphatic rings. The molecule has 0 spiro atoms. The molecule has 1 aromatic rings. The van der Waals surface area contributed by atoms with Gasteiger partial charge in [0.05, 0.1) is 24.3 Å². The van der Waals surface area contributed by atoms with Gasteiger partial charge >= 0.3 is 0 Å². The van der Waals surface area contributed by atoms with Gasteiger partial charge in [-0.15, -0.1) is 0 Å². The van der Waals surface area contributed by atoms with Gasteiger partial charge in [-0.05, 0) is 22.9 Å². The summed E-state index contributed by atoms with van der Waals surface area (Å²) in [4.78, 5) is 8.48. The number of nitrogens with zero attached hydrogens (tertiary/aromatic N) is 2. The first-order chi connectivity index (χ1) is 8.77. The summed E-state index contributed by atoms with van der Waals surface area (Å²) in [5, 5.41) is 6.25. The van der Waals surface area contributed by atoms with Crippen molar-refractivity contribution in [2.45, 2.75) is 6.92 Å². The summed E-state index contributed by atoms with van der Waals surface area (Å²) >= 11 is 3.40. The van der Waals surface area contributed by atoms with Gasteiger partial charge in [-0.2, -0.15) is 4.98 Å². The Hall–Kier alpha value is -0.920. The van der Waals surface area contributed by atoms with Crippen molar-refractivity contribution >= 4 is 27.7 Å². The Kier molecular flexibility index (Phi) is 7.63. The molecule has 0 radical (unpaired) electrons. The van der Waals surface area contributed by atoms with Gasteiger partial charge in [0, 0.05) is 26.4 Å². The van der Waals surface area contributed by atoms with Crippen molar-refractivity contribution in [3.05, 3.63) is 10.7 Å². The third-order valence-corrected chi connectivity index (χ3v) is 2.63. The van der Waals surface area contributed by atoms with Crippen LogP contribution < -0.4 is 10.6 Å². The molecule has 1 rings (SSSR count). The Bertz CT molecular complexity index is 352. The van der Waals surface area contributed by atoms with Crippen LogP contribution in [0.3, 0.4) is 0 Å². The number of rotatable bonds is 9. The van der Waals surface area contributed by atoms with E-state index in [-0.39, 0.29) is 0 Å². The molecule has 2 N–H and O–H groups in total. The first-order valence-electron chi connectivity index (χ1n) is 5.85. The zero-order valence-electron chi connectivity index (χ0n) is 10.7. The zero-order valence-corrected chi connectivity index (χ0v) is 12.3. The van der Waals surface area contributed by atoms with Crippen LogP contribution in [0.15, 0.2) is 10.7 Å². The van der Waals surface area contributed by atoms with E-state index in [1.807, 2.05) is 6.92 Å². The second-order valence-electron chi connectivity index (χ2n) is 3.45. The van der Waals surface area contributed by atoms with Crippen LogP contribution in [-0.4, -0.2) is 50.0 Å². The number of halogens is 1. The molecule has 0 aliphatic heterocycles. The largest absolute Gasteiger partial charge is 0.382 e. The molecule has 6 nitrogen and oxygen atoms in total. The number of hydrogen-bond acceptors (Lipinski definition) is 6. The van der Waals surface area contributed by atoms with Crippen molar-refractivity contribution in [3.63, 3.8) is 0 Å². The fourth-order valence-corrected chi connectivity index (χ4v) is 1.55. The predicted molar refractivity (Wildman–Crippen MR) is 75.1 cm³/mol. The van der Waals surface area contributed by atoms with Gasteiger partial charge in [0.15, 0.2) is 0 Å². The number of aromatic nitrogens is 2. The smallest absolute Gasteiger partial charge is 0.224 e. The van der Waals surface area contributed by atoms with Gasteiger partial charge in [-0.3, -0.25) is 0 Å². The monoisotopic (exact) mass is 318 g/mol. The number of methoxy groups -OCH3 is 1. The lowest BCUT2D eigenvalue weighted by molar-refractivity contribution is 0.0759. The molecule has 0 aliphatic carbocycles. The normalized spacial score (nSPS) is 10.4. The minimum absolute atomic E-state index is 0.603. The molecule has 0 bridgehead atoms. The van der Waals surface area contributed by atoms with E-state index in [2.05, 4.69) is 36.5 Å². The van der Waals surface area contributed by atoms with Crippen LogP contribution in [0.5, 0.6) is 0 Å². The van der Waals surface area contributed by atoms with Gasteiger partial charge < -0.3 is 20.1 Å². The minimum atomic E-state index is 0.603. The Labute approximate surface area is 116 Å². The highest BCUT2D eigenvalue weighted by Crippen LogP contribution is 2.19. The molecule has 1 aromatic heterocycles.